The minimum absolute atomic E-state index is 0.0856. The lowest BCUT2D eigenvalue weighted by molar-refractivity contribution is -0.119. The molecule has 40 valence electrons. The molecule has 0 saturated carbocycles. The molecule has 1 saturated heterocycles. The number of hydrogen-bond donors (Lipinski definition) is 2. The van der Waals surface area contributed by atoms with Crippen molar-refractivity contribution in [2.45, 2.75) is 5.56 Å². The van der Waals surface area contributed by atoms with E-state index in [1.807, 2.05) is 0 Å². The zero-order valence-electron chi connectivity index (χ0n) is 3.55. The van der Waals surface area contributed by atoms with Gasteiger partial charge in [0.2, 0.25) is 5.91 Å². The lowest BCUT2D eigenvalue weighted by Gasteiger charge is -1.93. The number of carbonyl (C=O) groups is 1. The lowest BCUT2D eigenvalue weighted by atomic mass is 10.7. The van der Waals surface area contributed by atoms with Gasteiger partial charge in [0.1, 0.15) is 0 Å². The van der Waals surface area contributed by atoms with Crippen molar-refractivity contribution >= 4 is 17.7 Å². The minimum Gasteiger partial charge on any atom is -0.365 e. The molecule has 1 atom stereocenters. The third-order valence-electron chi connectivity index (χ3n) is 0.657. The maximum Gasteiger partial charge on any atom is 0.232 e. The Balaban J connectivity index is 2.40. The molecule has 4 heteroatoms. The quantitative estimate of drug-likeness (QED) is 0.435. The van der Waals surface area contributed by atoms with E-state index in [9.17, 15) is 4.79 Å². The minimum atomic E-state index is -0.660. The third-order valence-corrected chi connectivity index (χ3v) is 1.52. The highest BCUT2D eigenvalue weighted by Gasteiger charge is 2.17. The summed E-state index contributed by atoms with van der Waals surface area (Å²) in [5.41, 5.74) is -0.660. The van der Waals surface area contributed by atoms with E-state index in [2.05, 4.69) is 5.32 Å². The molecule has 0 bridgehead atoms. The van der Waals surface area contributed by atoms with Crippen molar-refractivity contribution in [1.82, 2.24) is 5.32 Å². The molecule has 0 aliphatic carbocycles. The molecule has 1 fully saturated rings. The number of amides is 1. The predicted molar refractivity (Wildman–Crippen MR) is 26.6 cm³/mol. The van der Waals surface area contributed by atoms with Gasteiger partial charge in [-0.2, -0.15) is 0 Å². The van der Waals surface area contributed by atoms with Gasteiger partial charge in [-0.3, -0.25) is 4.79 Å². The molecule has 1 unspecified atom stereocenters. The number of hydrogen-bond acceptors (Lipinski definition) is 3. The smallest absolute Gasteiger partial charge is 0.232 e. The fourth-order valence-electron chi connectivity index (χ4n) is 0.376. The van der Waals surface area contributed by atoms with Crippen LogP contribution in [0.2, 0.25) is 0 Å². The van der Waals surface area contributed by atoms with Crippen molar-refractivity contribution in [2.24, 2.45) is 0 Å². The maximum absolute atomic E-state index is 10.2. The number of nitrogens with one attached hydrogen (secondary N) is 1. The van der Waals surface area contributed by atoms with Gasteiger partial charge in [-0.25, -0.2) is 0 Å². The van der Waals surface area contributed by atoms with Crippen LogP contribution in [0, 0.1) is 0 Å². The van der Waals surface area contributed by atoms with E-state index in [0.717, 1.165) is 0 Å². The fourth-order valence-corrected chi connectivity index (χ4v) is 0.983. The van der Waals surface area contributed by atoms with Gasteiger partial charge in [-0.1, -0.05) is 11.8 Å². The number of aliphatic hydroxyl groups excluding tert-OH is 1. The molecular weight excluding hydrogens is 114 g/mol. The van der Waals surface area contributed by atoms with Crippen LogP contribution in [0.3, 0.4) is 0 Å². The molecule has 1 amide bonds. The van der Waals surface area contributed by atoms with E-state index < -0.39 is 5.56 Å². The zero-order chi connectivity index (χ0) is 5.28. The highest BCUT2D eigenvalue weighted by atomic mass is 32.2. The molecular formula is C3H5NO2S. The van der Waals surface area contributed by atoms with Crippen LogP contribution in [0.5, 0.6) is 0 Å². The van der Waals surface area contributed by atoms with Crippen molar-refractivity contribution in [3.05, 3.63) is 0 Å². The monoisotopic (exact) mass is 119 g/mol. The Morgan fingerprint density at radius 1 is 2.00 bits per heavy atom. The van der Waals surface area contributed by atoms with Crippen LogP contribution in [-0.2, 0) is 4.79 Å². The molecule has 3 nitrogen and oxygen atoms in total. The average Bonchev–Trinajstić information content (AvgIpc) is 1.87. The van der Waals surface area contributed by atoms with Gasteiger partial charge in [0.15, 0.2) is 5.56 Å². The van der Waals surface area contributed by atoms with Gasteiger partial charge in [0.05, 0.1) is 5.75 Å². The zero-order valence-corrected chi connectivity index (χ0v) is 4.36. The summed E-state index contributed by atoms with van der Waals surface area (Å²) in [4.78, 5) is 10.2. The SMILES string of the molecule is O=C1CSC(O)N1. The molecule has 1 heterocycles. The van der Waals surface area contributed by atoms with Gasteiger partial charge in [0.25, 0.3) is 0 Å². The summed E-state index contributed by atoms with van der Waals surface area (Å²) in [5, 5.41) is 10.8. The predicted octanol–water partition coefficient (Wildman–Crippen LogP) is -0.875. The first-order valence-electron chi connectivity index (χ1n) is 1.88. The van der Waals surface area contributed by atoms with E-state index in [4.69, 9.17) is 5.11 Å². The van der Waals surface area contributed by atoms with Crippen LogP contribution in [0.15, 0.2) is 0 Å². The Morgan fingerprint density at radius 2 is 2.71 bits per heavy atom. The third kappa shape index (κ3) is 1.07. The van der Waals surface area contributed by atoms with Crippen LogP contribution in [0.4, 0.5) is 0 Å². The molecule has 2 N–H and O–H groups in total. The van der Waals surface area contributed by atoms with Crippen LogP contribution in [0.1, 0.15) is 0 Å². The first kappa shape index (κ1) is 4.93. The lowest BCUT2D eigenvalue weighted by Crippen LogP contribution is -2.23. The second kappa shape index (κ2) is 1.71. The first-order chi connectivity index (χ1) is 3.29. The summed E-state index contributed by atoms with van der Waals surface area (Å²) in [5.74, 6) is 0.304. The van der Waals surface area contributed by atoms with Crippen molar-refractivity contribution in [1.29, 1.82) is 0 Å². The van der Waals surface area contributed by atoms with E-state index in [-0.39, 0.29) is 5.91 Å². The summed E-state index contributed by atoms with van der Waals surface area (Å²) < 4.78 is 0. The van der Waals surface area contributed by atoms with Gasteiger partial charge < -0.3 is 10.4 Å². The number of carbonyl (C=O) groups excluding carboxylic acids is 1. The second-order valence-electron chi connectivity index (χ2n) is 1.23. The summed E-state index contributed by atoms with van der Waals surface area (Å²) in [6, 6.07) is 0. The molecule has 1 aliphatic rings. The Bertz CT molecular complexity index is 94.9. The number of thioether (sulfide) groups is 1. The molecule has 0 aromatic heterocycles. The van der Waals surface area contributed by atoms with Gasteiger partial charge in [0, 0.05) is 0 Å². The Labute approximate surface area is 45.1 Å². The molecule has 0 aromatic rings. The standard InChI is InChI=1S/C3H5NO2S/c5-2-1-7-3(6)4-2/h3,6H,1H2,(H,4,5). The molecule has 7 heavy (non-hydrogen) atoms. The van der Waals surface area contributed by atoms with Crippen LogP contribution < -0.4 is 5.32 Å². The Morgan fingerprint density at radius 3 is 2.86 bits per heavy atom. The average molecular weight is 119 g/mol. The van der Waals surface area contributed by atoms with Crippen LogP contribution >= 0.6 is 11.8 Å². The van der Waals surface area contributed by atoms with Crippen molar-refractivity contribution in [3.8, 4) is 0 Å². The van der Waals surface area contributed by atoms with E-state index in [1.165, 1.54) is 11.8 Å². The van der Waals surface area contributed by atoms with Crippen molar-refractivity contribution < 1.29 is 9.90 Å². The molecule has 1 aliphatic heterocycles. The van der Waals surface area contributed by atoms with Crippen molar-refractivity contribution in [2.75, 3.05) is 5.75 Å². The molecule has 1 rings (SSSR count). The number of aliphatic hydroxyl groups is 1. The summed E-state index contributed by atoms with van der Waals surface area (Å²) >= 11 is 1.20. The Kier molecular flexibility index (Phi) is 1.21. The van der Waals surface area contributed by atoms with Gasteiger partial charge >= 0.3 is 0 Å². The topological polar surface area (TPSA) is 49.3 Å². The molecule has 0 radical (unpaired) electrons. The van der Waals surface area contributed by atoms with Crippen LogP contribution in [0.25, 0.3) is 0 Å². The van der Waals surface area contributed by atoms with Gasteiger partial charge in [-0.15, -0.1) is 0 Å². The molecule has 0 aromatic carbocycles. The normalized spacial score (nSPS) is 30.4. The fraction of sp³-hybridized carbons (Fsp3) is 0.667. The van der Waals surface area contributed by atoms with Crippen molar-refractivity contribution in [3.63, 3.8) is 0 Å². The largest absolute Gasteiger partial charge is 0.365 e. The Hall–Kier alpha value is -0.220. The highest BCUT2D eigenvalue weighted by Crippen LogP contribution is 2.10. The number of rotatable bonds is 0. The van der Waals surface area contributed by atoms with E-state index in [0.29, 0.717) is 5.75 Å². The molecule has 0 spiro atoms. The highest BCUT2D eigenvalue weighted by molar-refractivity contribution is 8.00. The summed E-state index contributed by atoms with van der Waals surface area (Å²) in [7, 11) is 0. The van der Waals surface area contributed by atoms with Gasteiger partial charge in [-0.05, 0) is 0 Å². The van der Waals surface area contributed by atoms with E-state index in [1.54, 1.807) is 0 Å². The second-order valence-corrected chi connectivity index (χ2v) is 2.30. The van der Waals surface area contributed by atoms with E-state index >= 15 is 0 Å². The summed E-state index contributed by atoms with van der Waals surface area (Å²) in [6.45, 7) is 0. The van der Waals surface area contributed by atoms with Crippen LogP contribution in [-0.4, -0.2) is 22.3 Å². The maximum atomic E-state index is 10.2. The summed E-state index contributed by atoms with van der Waals surface area (Å²) in [6.07, 6.45) is 0. The first-order valence-corrected chi connectivity index (χ1v) is 2.93.